The summed E-state index contributed by atoms with van der Waals surface area (Å²) in [6.45, 7) is 0. The fourth-order valence-corrected chi connectivity index (χ4v) is 5.05. The van der Waals surface area contributed by atoms with Crippen molar-refractivity contribution in [2.45, 2.75) is 25.3 Å². The summed E-state index contributed by atoms with van der Waals surface area (Å²) in [4.78, 5) is 25.1. The van der Waals surface area contributed by atoms with Crippen LogP contribution in [-0.2, 0) is 0 Å². The van der Waals surface area contributed by atoms with Gasteiger partial charge < -0.3 is 20.0 Å². The number of pyridine rings is 2. The number of benzene rings is 1. The van der Waals surface area contributed by atoms with Crippen LogP contribution in [0.25, 0.3) is 28.1 Å². The van der Waals surface area contributed by atoms with E-state index in [0.29, 0.717) is 51.4 Å². The van der Waals surface area contributed by atoms with E-state index in [1.165, 1.54) is 30.1 Å². The molecule has 1 fully saturated rings. The summed E-state index contributed by atoms with van der Waals surface area (Å²) in [7, 11) is 1.53. The Bertz CT molecular complexity index is 1780. The number of aromatic amines is 1. The maximum Gasteiger partial charge on any atom is 0.252 e. The maximum atomic E-state index is 14.5. The molecule has 0 aliphatic heterocycles. The molecule has 1 aliphatic carbocycles. The second-order valence-corrected chi connectivity index (χ2v) is 10.4. The van der Waals surface area contributed by atoms with Crippen molar-refractivity contribution in [2.75, 3.05) is 12.8 Å². The van der Waals surface area contributed by atoms with Crippen LogP contribution in [0.1, 0.15) is 31.1 Å². The first-order valence-corrected chi connectivity index (χ1v) is 13.2. The van der Waals surface area contributed by atoms with Gasteiger partial charge >= 0.3 is 0 Å². The van der Waals surface area contributed by atoms with Crippen LogP contribution in [0.4, 0.5) is 10.2 Å². The quantitative estimate of drug-likeness (QED) is 0.238. The molecule has 0 bridgehead atoms. The number of halogens is 3. The number of methoxy groups -OCH3 is 1. The molecule has 1 aliphatic rings. The number of nitrogens with one attached hydrogen (secondary N) is 1. The fraction of sp³-hybridized carbons (Fsp3) is 0.222. The van der Waals surface area contributed by atoms with Crippen molar-refractivity contribution < 1.29 is 9.13 Å². The molecule has 0 radical (unpaired) electrons. The van der Waals surface area contributed by atoms with E-state index in [1.54, 1.807) is 41.2 Å². The van der Waals surface area contributed by atoms with Crippen molar-refractivity contribution in [3.05, 3.63) is 87.3 Å². The van der Waals surface area contributed by atoms with Gasteiger partial charge in [-0.15, -0.1) is 5.10 Å². The highest BCUT2D eigenvalue weighted by atomic mass is 35.5. The molecule has 1 atom stereocenters. The molecule has 40 heavy (non-hydrogen) atoms. The first-order valence-electron chi connectivity index (χ1n) is 12.5. The number of anilines is 1. The zero-order valence-corrected chi connectivity index (χ0v) is 22.7. The highest BCUT2D eigenvalue weighted by Gasteiger charge is 2.30. The predicted molar refractivity (Wildman–Crippen MR) is 149 cm³/mol. The molecule has 6 rings (SSSR count). The van der Waals surface area contributed by atoms with Crippen molar-refractivity contribution in [2.24, 2.45) is 5.92 Å². The molecule has 3 N–H and O–H groups in total. The third-order valence-electron chi connectivity index (χ3n) is 6.89. The van der Waals surface area contributed by atoms with Gasteiger partial charge in [0, 0.05) is 22.2 Å². The average molecular weight is 581 g/mol. The van der Waals surface area contributed by atoms with Crippen LogP contribution in [-0.4, -0.2) is 41.6 Å². The maximum absolute atomic E-state index is 14.5. The molecule has 1 unspecified atom stereocenters. The zero-order chi connectivity index (χ0) is 28.0. The van der Waals surface area contributed by atoms with Crippen LogP contribution >= 0.6 is 23.2 Å². The number of imidazole rings is 1. The van der Waals surface area contributed by atoms with E-state index >= 15 is 0 Å². The Labute approximate surface area is 237 Å². The molecule has 4 aromatic heterocycles. The average Bonchev–Trinajstić information content (AvgIpc) is 3.44. The molecule has 4 heterocycles. The van der Waals surface area contributed by atoms with Crippen LogP contribution in [0.5, 0.6) is 5.75 Å². The van der Waals surface area contributed by atoms with Crippen molar-refractivity contribution in [1.29, 1.82) is 0 Å². The van der Waals surface area contributed by atoms with Gasteiger partial charge in [0.15, 0.2) is 5.15 Å². The minimum absolute atomic E-state index is 0.0844. The van der Waals surface area contributed by atoms with E-state index in [0.717, 1.165) is 12.8 Å². The standard InChI is InChI=1S/C27H23Cl2FN8O2/c1-40-22-12-37(25(39)10-18(22)17-9-15(28)4-6-20(17)38-13-23(29)35-36-38)21(8-14-2-3-14)27-32-11-19(33-27)16-5-7-24(31)34-26(16)30/h4-7,9-14,21H,2-3,8H2,1H3,(H2,31,34)(H,32,33). The van der Waals surface area contributed by atoms with Crippen molar-refractivity contribution in [3.8, 4) is 33.8 Å². The summed E-state index contributed by atoms with van der Waals surface area (Å²) in [5, 5.41) is 8.60. The third-order valence-corrected chi connectivity index (χ3v) is 7.29. The van der Waals surface area contributed by atoms with E-state index < -0.39 is 12.0 Å². The van der Waals surface area contributed by atoms with Crippen molar-refractivity contribution in [3.63, 3.8) is 0 Å². The number of nitrogens with zero attached hydrogens (tertiary/aromatic N) is 6. The number of H-pyrrole nitrogens is 1. The summed E-state index contributed by atoms with van der Waals surface area (Å²) in [5.74, 6) is 0.790. The van der Waals surface area contributed by atoms with Crippen molar-refractivity contribution >= 4 is 29.0 Å². The normalized spacial score (nSPS) is 13.9. The van der Waals surface area contributed by atoms with Crippen molar-refractivity contribution in [1.82, 2.24) is 34.5 Å². The molecule has 0 amide bonds. The molecular weight excluding hydrogens is 558 g/mol. The Morgan fingerprint density at radius 3 is 2.67 bits per heavy atom. The molecule has 10 nitrogen and oxygen atoms in total. The van der Waals surface area contributed by atoms with Gasteiger partial charge in [-0.05, 0) is 42.7 Å². The van der Waals surface area contributed by atoms with Crippen LogP contribution in [0.2, 0.25) is 10.2 Å². The zero-order valence-electron chi connectivity index (χ0n) is 21.2. The number of aromatic nitrogens is 7. The van der Waals surface area contributed by atoms with E-state index in [-0.39, 0.29) is 22.1 Å². The lowest BCUT2D eigenvalue weighted by atomic mass is 10.0. The minimum atomic E-state index is -0.705. The SMILES string of the molecule is COc1cn(C(CC2CC2)c2ncc(-c3ccc(N)nc3F)[nH]2)c(=O)cc1-c1cc(Cl)ccc1-n1cc(Cl)nn1. The lowest BCUT2D eigenvalue weighted by Gasteiger charge is -2.21. The van der Waals surface area contributed by atoms with Crippen LogP contribution in [0.3, 0.4) is 0 Å². The Balaban J connectivity index is 1.44. The van der Waals surface area contributed by atoms with E-state index in [1.807, 2.05) is 0 Å². The largest absolute Gasteiger partial charge is 0.495 e. The Morgan fingerprint density at radius 2 is 1.98 bits per heavy atom. The van der Waals surface area contributed by atoms with E-state index in [2.05, 4.69) is 25.3 Å². The fourth-order valence-electron chi connectivity index (χ4n) is 4.75. The smallest absolute Gasteiger partial charge is 0.252 e. The highest BCUT2D eigenvalue weighted by Crippen LogP contribution is 2.40. The number of nitrogen functional groups attached to an aromatic ring is 1. The second-order valence-electron chi connectivity index (χ2n) is 9.60. The minimum Gasteiger partial charge on any atom is -0.495 e. The summed E-state index contributed by atoms with van der Waals surface area (Å²) in [6.07, 6.45) is 7.56. The number of ether oxygens (including phenoxy) is 1. The molecule has 0 saturated heterocycles. The summed E-state index contributed by atoms with van der Waals surface area (Å²) >= 11 is 12.4. The molecule has 0 spiro atoms. The number of rotatable bonds is 8. The summed E-state index contributed by atoms with van der Waals surface area (Å²) in [6, 6.07) is 9.33. The second kappa shape index (κ2) is 10.4. The topological polar surface area (TPSA) is 130 Å². The lowest BCUT2D eigenvalue weighted by molar-refractivity contribution is 0.400. The predicted octanol–water partition coefficient (Wildman–Crippen LogP) is 5.31. The number of hydrogen-bond donors (Lipinski definition) is 2. The van der Waals surface area contributed by atoms with Crippen LogP contribution < -0.4 is 16.0 Å². The summed E-state index contributed by atoms with van der Waals surface area (Å²) in [5.41, 5.74) is 7.74. The Hall–Kier alpha value is -4.22. The monoisotopic (exact) mass is 580 g/mol. The number of nitrogens with two attached hydrogens (primary N) is 1. The first-order chi connectivity index (χ1) is 19.3. The lowest BCUT2D eigenvalue weighted by Crippen LogP contribution is -2.26. The van der Waals surface area contributed by atoms with E-state index in [9.17, 15) is 9.18 Å². The molecule has 13 heteroatoms. The number of hydrogen-bond acceptors (Lipinski definition) is 7. The highest BCUT2D eigenvalue weighted by molar-refractivity contribution is 6.31. The Morgan fingerprint density at radius 1 is 1.15 bits per heavy atom. The Kier molecular flexibility index (Phi) is 6.77. The van der Waals surface area contributed by atoms with Gasteiger partial charge in [-0.1, -0.05) is 41.3 Å². The van der Waals surface area contributed by atoms with Crippen LogP contribution in [0.15, 0.2) is 59.8 Å². The van der Waals surface area contributed by atoms with Gasteiger partial charge in [0.2, 0.25) is 5.95 Å². The van der Waals surface area contributed by atoms with Gasteiger partial charge in [-0.25, -0.2) is 14.6 Å². The van der Waals surface area contributed by atoms with Gasteiger partial charge in [0.1, 0.15) is 17.4 Å². The molecular formula is C27H23Cl2FN8O2. The molecule has 1 saturated carbocycles. The van der Waals surface area contributed by atoms with Gasteiger partial charge in [-0.3, -0.25) is 4.79 Å². The van der Waals surface area contributed by atoms with Crippen LogP contribution in [0, 0.1) is 11.9 Å². The van der Waals surface area contributed by atoms with Gasteiger partial charge in [-0.2, -0.15) is 4.39 Å². The molecule has 204 valence electrons. The first kappa shape index (κ1) is 26.0. The van der Waals surface area contributed by atoms with Gasteiger partial charge in [0.25, 0.3) is 5.56 Å². The third kappa shape index (κ3) is 5.05. The molecule has 1 aromatic carbocycles. The summed E-state index contributed by atoms with van der Waals surface area (Å²) < 4.78 is 23.4. The van der Waals surface area contributed by atoms with Gasteiger partial charge in [0.05, 0.1) is 48.7 Å². The molecule has 5 aromatic rings. The van der Waals surface area contributed by atoms with E-state index in [4.69, 9.17) is 33.7 Å².